The van der Waals surface area contributed by atoms with Gasteiger partial charge in [0.25, 0.3) is 5.91 Å². The number of nitrogens with zero attached hydrogens (tertiary/aromatic N) is 2. The number of carbonyl (C=O) groups excluding carboxylic acids is 1. The summed E-state index contributed by atoms with van der Waals surface area (Å²) < 4.78 is 1.61. The predicted molar refractivity (Wildman–Crippen MR) is 80.3 cm³/mol. The Kier molecular flexibility index (Phi) is 5.93. The van der Waals surface area contributed by atoms with Crippen molar-refractivity contribution in [3.05, 3.63) is 17.5 Å². The first kappa shape index (κ1) is 17.2. The Morgan fingerprint density at radius 3 is 2.38 bits per heavy atom. The standard InChI is InChI=1S/C15H25N3O3/c1-6-18-13(8-11(17-18)10(4)5)14(19)16-12(15(20)21)7-9(2)3/h8-10,12H,6-7H2,1-5H3,(H,16,19)(H,20,21)/t12-/m0/s1. The number of carbonyl (C=O) groups is 2. The van der Waals surface area contributed by atoms with E-state index in [4.69, 9.17) is 0 Å². The lowest BCUT2D eigenvalue weighted by Gasteiger charge is -2.16. The quantitative estimate of drug-likeness (QED) is 0.808. The van der Waals surface area contributed by atoms with Gasteiger partial charge in [0.05, 0.1) is 5.69 Å². The van der Waals surface area contributed by atoms with E-state index in [0.29, 0.717) is 18.7 Å². The van der Waals surface area contributed by atoms with Crippen molar-refractivity contribution in [2.24, 2.45) is 5.92 Å². The molecule has 0 bridgehead atoms. The van der Waals surface area contributed by atoms with E-state index in [2.05, 4.69) is 10.4 Å². The highest BCUT2D eigenvalue weighted by Gasteiger charge is 2.24. The van der Waals surface area contributed by atoms with Crippen LogP contribution < -0.4 is 5.32 Å². The molecule has 0 aromatic carbocycles. The highest BCUT2D eigenvalue weighted by molar-refractivity contribution is 5.95. The van der Waals surface area contributed by atoms with Gasteiger partial charge in [-0.15, -0.1) is 0 Å². The van der Waals surface area contributed by atoms with Crippen LogP contribution in [-0.2, 0) is 11.3 Å². The van der Waals surface area contributed by atoms with Crippen molar-refractivity contribution in [1.82, 2.24) is 15.1 Å². The molecular weight excluding hydrogens is 270 g/mol. The third-order valence-corrected chi connectivity index (χ3v) is 3.23. The van der Waals surface area contributed by atoms with E-state index in [1.165, 1.54) is 0 Å². The largest absolute Gasteiger partial charge is 0.480 e. The zero-order chi connectivity index (χ0) is 16.2. The average molecular weight is 295 g/mol. The highest BCUT2D eigenvalue weighted by Crippen LogP contribution is 2.15. The Balaban J connectivity index is 2.94. The monoisotopic (exact) mass is 295 g/mol. The van der Waals surface area contributed by atoms with E-state index in [1.807, 2.05) is 34.6 Å². The molecule has 0 radical (unpaired) electrons. The number of carboxylic acid groups (broad SMARTS) is 1. The summed E-state index contributed by atoms with van der Waals surface area (Å²) in [5.74, 6) is -0.989. The normalized spacial score (nSPS) is 12.7. The van der Waals surface area contributed by atoms with Gasteiger partial charge in [-0.2, -0.15) is 5.10 Å². The van der Waals surface area contributed by atoms with Gasteiger partial charge in [0.15, 0.2) is 0 Å². The van der Waals surface area contributed by atoms with Gasteiger partial charge in [0.1, 0.15) is 11.7 Å². The van der Waals surface area contributed by atoms with Crippen LogP contribution in [0.3, 0.4) is 0 Å². The van der Waals surface area contributed by atoms with Crippen LogP contribution in [0.4, 0.5) is 0 Å². The van der Waals surface area contributed by atoms with Crippen molar-refractivity contribution in [3.63, 3.8) is 0 Å². The fourth-order valence-electron chi connectivity index (χ4n) is 2.07. The first-order valence-corrected chi connectivity index (χ1v) is 7.37. The topological polar surface area (TPSA) is 84.2 Å². The second kappa shape index (κ2) is 7.24. The first-order chi connectivity index (χ1) is 9.76. The Morgan fingerprint density at radius 2 is 1.95 bits per heavy atom. The maximum atomic E-state index is 12.3. The molecule has 1 aromatic heterocycles. The Morgan fingerprint density at radius 1 is 1.33 bits per heavy atom. The summed E-state index contributed by atoms with van der Waals surface area (Å²) in [6.45, 7) is 10.3. The van der Waals surface area contributed by atoms with Crippen LogP contribution in [0.5, 0.6) is 0 Å². The predicted octanol–water partition coefficient (Wildman–Crippen LogP) is 2.26. The number of hydrogen-bond acceptors (Lipinski definition) is 3. The third kappa shape index (κ3) is 4.58. The molecule has 6 heteroatoms. The number of rotatable bonds is 7. The summed E-state index contributed by atoms with van der Waals surface area (Å²) in [7, 11) is 0. The molecule has 6 nitrogen and oxygen atoms in total. The molecule has 0 fully saturated rings. The van der Waals surface area contributed by atoms with Gasteiger partial charge in [-0.05, 0) is 31.2 Å². The fraction of sp³-hybridized carbons (Fsp3) is 0.667. The molecule has 2 N–H and O–H groups in total. The molecule has 118 valence electrons. The molecule has 0 unspecified atom stereocenters. The maximum absolute atomic E-state index is 12.3. The van der Waals surface area contributed by atoms with Crippen molar-refractivity contribution in [3.8, 4) is 0 Å². The van der Waals surface area contributed by atoms with Crippen LogP contribution >= 0.6 is 0 Å². The number of hydrogen-bond donors (Lipinski definition) is 2. The number of aliphatic carboxylic acids is 1. The van der Waals surface area contributed by atoms with E-state index in [1.54, 1.807) is 10.7 Å². The van der Waals surface area contributed by atoms with Crippen LogP contribution in [0.25, 0.3) is 0 Å². The van der Waals surface area contributed by atoms with Crippen molar-refractivity contribution < 1.29 is 14.7 Å². The SMILES string of the molecule is CCn1nc(C(C)C)cc1C(=O)N[C@@H](CC(C)C)C(=O)O. The zero-order valence-electron chi connectivity index (χ0n) is 13.4. The van der Waals surface area contributed by atoms with Crippen LogP contribution in [0.15, 0.2) is 6.07 Å². The van der Waals surface area contributed by atoms with Gasteiger partial charge in [-0.25, -0.2) is 4.79 Å². The number of nitrogens with one attached hydrogen (secondary N) is 1. The summed E-state index contributed by atoms with van der Waals surface area (Å²) in [4.78, 5) is 23.6. The van der Waals surface area contributed by atoms with E-state index >= 15 is 0 Å². The summed E-state index contributed by atoms with van der Waals surface area (Å²) in [5, 5.41) is 16.2. The first-order valence-electron chi connectivity index (χ1n) is 7.37. The van der Waals surface area contributed by atoms with Crippen molar-refractivity contribution in [2.75, 3.05) is 0 Å². The molecular formula is C15H25N3O3. The van der Waals surface area contributed by atoms with Gasteiger partial charge in [0, 0.05) is 6.54 Å². The third-order valence-electron chi connectivity index (χ3n) is 3.23. The minimum atomic E-state index is -1.01. The van der Waals surface area contributed by atoms with Crippen molar-refractivity contribution >= 4 is 11.9 Å². The van der Waals surface area contributed by atoms with Crippen LogP contribution in [0, 0.1) is 5.92 Å². The van der Waals surface area contributed by atoms with Crippen molar-refractivity contribution in [1.29, 1.82) is 0 Å². The molecule has 0 aliphatic rings. The van der Waals surface area contributed by atoms with E-state index < -0.39 is 12.0 Å². The molecule has 0 saturated carbocycles. The second-order valence-electron chi connectivity index (χ2n) is 5.92. The Hall–Kier alpha value is -1.85. The number of aromatic nitrogens is 2. The molecule has 0 saturated heterocycles. The molecule has 21 heavy (non-hydrogen) atoms. The average Bonchev–Trinajstić information content (AvgIpc) is 2.81. The molecule has 0 aliphatic carbocycles. The Labute approximate surface area is 125 Å². The molecule has 1 rings (SSSR count). The number of carboxylic acids is 1. The van der Waals surface area contributed by atoms with Crippen molar-refractivity contribution in [2.45, 2.75) is 59.5 Å². The minimum Gasteiger partial charge on any atom is -0.480 e. The van der Waals surface area contributed by atoms with E-state index in [-0.39, 0.29) is 17.7 Å². The smallest absolute Gasteiger partial charge is 0.326 e. The van der Waals surface area contributed by atoms with Gasteiger partial charge in [-0.1, -0.05) is 27.7 Å². The van der Waals surface area contributed by atoms with Gasteiger partial charge >= 0.3 is 5.97 Å². The van der Waals surface area contributed by atoms with Gasteiger partial charge < -0.3 is 10.4 Å². The van der Waals surface area contributed by atoms with Crippen LogP contribution in [0.2, 0.25) is 0 Å². The summed E-state index contributed by atoms with van der Waals surface area (Å²) in [6, 6.07) is 0.859. The molecule has 1 aromatic rings. The van der Waals surface area contributed by atoms with E-state index in [9.17, 15) is 14.7 Å². The second-order valence-corrected chi connectivity index (χ2v) is 5.92. The molecule has 1 heterocycles. The Bertz CT molecular complexity index is 506. The van der Waals surface area contributed by atoms with Crippen LogP contribution in [-0.4, -0.2) is 32.8 Å². The number of amides is 1. The van der Waals surface area contributed by atoms with Gasteiger partial charge in [0.2, 0.25) is 0 Å². The van der Waals surface area contributed by atoms with E-state index in [0.717, 1.165) is 5.69 Å². The van der Waals surface area contributed by atoms with Crippen LogP contribution in [0.1, 0.15) is 63.1 Å². The fourth-order valence-corrected chi connectivity index (χ4v) is 2.07. The summed E-state index contributed by atoms with van der Waals surface area (Å²) >= 11 is 0. The molecule has 1 atom stereocenters. The summed E-state index contributed by atoms with van der Waals surface area (Å²) in [5.41, 5.74) is 1.24. The lowest BCUT2D eigenvalue weighted by Crippen LogP contribution is -2.42. The summed E-state index contributed by atoms with van der Waals surface area (Å²) in [6.07, 6.45) is 0.401. The number of aryl methyl sites for hydroxylation is 1. The highest BCUT2D eigenvalue weighted by atomic mass is 16.4. The lowest BCUT2D eigenvalue weighted by molar-refractivity contribution is -0.139. The molecule has 0 spiro atoms. The lowest BCUT2D eigenvalue weighted by atomic mass is 10.0. The van der Waals surface area contributed by atoms with Gasteiger partial charge in [-0.3, -0.25) is 9.48 Å². The molecule has 0 aliphatic heterocycles. The zero-order valence-corrected chi connectivity index (χ0v) is 13.4. The maximum Gasteiger partial charge on any atom is 0.326 e. The minimum absolute atomic E-state index is 0.189. The molecule has 1 amide bonds.